The molecule has 1 aliphatic heterocycles. The number of nitrogens with zero attached hydrogens (tertiary/aromatic N) is 1. The summed E-state index contributed by atoms with van der Waals surface area (Å²) < 4.78 is 40.9. The zero-order chi connectivity index (χ0) is 23.2. The molecule has 0 aliphatic carbocycles. The highest BCUT2D eigenvalue weighted by atomic mass is 35.5. The van der Waals surface area contributed by atoms with Crippen LogP contribution in [0.2, 0.25) is 5.02 Å². The predicted molar refractivity (Wildman–Crippen MR) is 112 cm³/mol. The van der Waals surface area contributed by atoms with E-state index in [2.05, 4.69) is 5.32 Å². The van der Waals surface area contributed by atoms with Gasteiger partial charge in [-0.05, 0) is 17.7 Å². The fourth-order valence-corrected chi connectivity index (χ4v) is 4.11. The fourth-order valence-electron chi connectivity index (χ4n) is 3.86. The van der Waals surface area contributed by atoms with Gasteiger partial charge in [0.15, 0.2) is 11.6 Å². The first kappa shape index (κ1) is 22.0. The van der Waals surface area contributed by atoms with E-state index in [4.69, 9.17) is 26.2 Å². The number of amides is 1. The third-order valence-corrected chi connectivity index (χ3v) is 5.97. The van der Waals surface area contributed by atoms with E-state index in [1.807, 2.05) is 0 Å². The molecule has 4 rings (SSSR count). The zero-order valence-electron chi connectivity index (χ0n) is 17.2. The van der Waals surface area contributed by atoms with E-state index in [-0.39, 0.29) is 41.7 Å². The number of methoxy groups -OCH3 is 1. The quantitative estimate of drug-likeness (QED) is 0.583. The first-order chi connectivity index (χ1) is 15.2. The maximum absolute atomic E-state index is 14.8. The molecule has 32 heavy (non-hydrogen) atoms. The third-order valence-electron chi connectivity index (χ3n) is 5.60. The molecule has 1 amide bonds. The van der Waals surface area contributed by atoms with Crippen LogP contribution in [-0.4, -0.2) is 41.9 Å². The number of rotatable bonds is 6. The average Bonchev–Trinajstić information content (AvgIpc) is 3.04. The van der Waals surface area contributed by atoms with Gasteiger partial charge in [0, 0.05) is 24.1 Å². The minimum Gasteiger partial charge on any atom is -0.494 e. The number of carbonyl (C=O) groups is 2. The number of carboxylic acids is 1. The maximum atomic E-state index is 14.8. The van der Waals surface area contributed by atoms with Gasteiger partial charge in [0.1, 0.15) is 17.1 Å². The molecule has 7 nitrogen and oxygen atoms in total. The number of halogens is 3. The molecule has 2 N–H and O–H groups in total. The summed E-state index contributed by atoms with van der Waals surface area (Å²) in [6.45, 7) is 0.0855. The van der Waals surface area contributed by atoms with Gasteiger partial charge < -0.3 is 24.5 Å². The molecule has 0 radical (unpaired) electrons. The normalized spacial score (nSPS) is 14.8. The Kier molecular flexibility index (Phi) is 5.56. The lowest BCUT2D eigenvalue weighted by atomic mass is 9.86. The molecule has 0 atom stereocenters. The smallest absolute Gasteiger partial charge is 0.307 e. The summed E-state index contributed by atoms with van der Waals surface area (Å²) in [6.07, 6.45) is -0.316. The van der Waals surface area contributed by atoms with Crippen molar-refractivity contribution in [1.82, 2.24) is 9.88 Å². The Morgan fingerprint density at radius 3 is 2.56 bits per heavy atom. The molecule has 1 aliphatic rings. The van der Waals surface area contributed by atoms with Crippen LogP contribution in [0.3, 0.4) is 0 Å². The molecule has 3 aromatic rings. The number of hydrogen-bond acceptors (Lipinski definition) is 4. The Labute approximate surface area is 186 Å². The van der Waals surface area contributed by atoms with Gasteiger partial charge in [0.2, 0.25) is 0 Å². The first-order valence-corrected chi connectivity index (χ1v) is 9.97. The summed E-state index contributed by atoms with van der Waals surface area (Å²) in [5, 5.41) is 11.9. The number of carbonyl (C=O) groups excluding carboxylic acids is 1. The molecule has 10 heteroatoms. The Morgan fingerprint density at radius 2 is 2.00 bits per heavy atom. The lowest BCUT2D eigenvalue weighted by molar-refractivity contribution is -0.136. The van der Waals surface area contributed by atoms with Crippen LogP contribution < -0.4 is 10.1 Å². The van der Waals surface area contributed by atoms with E-state index >= 15 is 0 Å². The molecule has 2 aromatic carbocycles. The van der Waals surface area contributed by atoms with Crippen molar-refractivity contribution in [1.29, 1.82) is 0 Å². The van der Waals surface area contributed by atoms with Crippen molar-refractivity contribution in [3.63, 3.8) is 0 Å². The van der Waals surface area contributed by atoms with Crippen LogP contribution in [0.25, 0.3) is 10.9 Å². The number of hydrogen-bond donors (Lipinski definition) is 2. The van der Waals surface area contributed by atoms with Crippen LogP contribution in [0.15, 0.2) is 30.3 Å². The number of fused-ring (bicyclic) bond motifs is 1. The number of aryl methyl sites for hydroxylation is 1. The first-order valence-electron chi connectivity index (χ1n) is 9.59. The number of aromatic nitrogens is 1. The van der Waals surface area contributed by atoms with Gasteiger partial charge in [0.25, 0.3) is 5.91 Å². The van der Waals surface area contributed by atoms with E-state index in [1.165, 1.54) is 35.9 Å². The molecular formula is C22H19ClF2N2O5. The fraction of sp³-hybridized carbons (Fsp3) is 0.273. The molecular weight excluding hydrogens is 446 g/mol. The van der Waals surface area contributed by atoms with E-state index in [1.54, 1.807) is 7.05 Å². The SMILES string of the molecule is COc1cc2c(cc(C(=O)NC3(c4ccc(CC(=O)O)cc4F)COC3)n2C)c(Cl)c1F. The van der Waals surface area contributed by atoms with Crippen LogP contribution >= 0.6 is 11.6 Å². The highest BCUT2D eigenvalue weighted by Gasteiger charge is 2.44. The van der Waals surface area contributed by atoms with Gasteiger partial charge in [0.05, 0.1) is 37.3 Å². The molecule has 1 saturated heterocycles. The highest BCUT2D eigenvalue weighted by molar-refractivity contribution is 6.36. The summed E-state index contributed by atoms with van der Waals surface area (Å²) in [6, 6.07) is 6.99. The Bertz CT molecular complexity index is 1250. The summed E-state index contributed by atoms with van der Waals surface area (Å²) in [5.74, 6) is -3.03. The Hall–Kier alpha value is -3.17. The molecule has 1 aromatic heterocycles. The number of aliphatic carboxylic acids is 1. The summed E-state index contributed by atoms with van der Waals surface area (Å²) in [5.41, 5.74) is 0.0484. The topological polar surface area (TPSA) is 89.8 Å². The van der Waals surface area contributed by atoms with E-state index in [0.717, 1.165) is 6.07 Å². The molecule has 0 spiro atoms. The highest BCUT2D eigenvalue weighted by Crippen LogP contribution is 2.36. The minimum absolute atomic E-state index is 0.0427. The van der Waals surface area contributed by atoms with Crippen LogP contribution in [-0.2, 0) is 28.5 Å². The summed E-state index contributed by atoms with van der Waals surface area (Å²) in [4.78, 5) is 24.0. The molecule has 0 saturated carbocycles. The van der Waals surface area contributed by atoms with E-state index < -0.39 is 29.0 Å². The lowest BCUT2D eigenvalue weighted by Crippen LogP contribution is -2.60. The Balaban J connectivity index is 1.68. The minimum atomic E-state index is -1.12. The molecule has 0 unspecified atom stereocenters. The molecule has 2 heterocycles. The second-order valence-electron chi connectivity index (χ2n) is 7.64. The molecule has 1 fully saturated rings. The van der Waals surface area contributed by atoms with Gasteiger partial charge in [-0.15, -0.1) is 0 Å². The van der Waals surface area contributed by atoms with Crippen molar-refractivity contribution >= 4 is 34.4 Å². The van der Waals surface area contributed by atoms with Crippen LogP contribution in [0, 0.1) is 11.6 Å². The van der Waals surface area contributed by atoms with Crippen LogP contribution in [0.1, 0.15) is 21.6 Å². The maximum Gasteiger partial charge on any atom is 0.307 e. The zero-order valence-corrected chi connectivity index (χ0v) is 17.9. The molecule has 0 bridgehead atoms. The van der Waals surface area contributed by atoms with Crippen molar-refractivity contribution in [3.05, 3.63) is 63.8 Å². The second kappa shape index (κ2) is 8.07. The van der Waals surface area contributed by atoms with Gasteiger partial charge in [-0.3, -0.25) is 9.59 Å². The van der Waals surface area contributed by atoms with Crippen molar-refractivity contribution < 1.29 is 33.0 Å². The predicted octanol–water partition coefficient (Wildman–Crippen LogP) is 3.40. The van der Waals surface area contributed by atoms with Crippen molar-refractivity contribution in [2.75, 3.05) is 20.3 Å². The monoisotopic (exact) mass is 464 g/mol. The molecule has 168 valence electrons. The van der Waals surface area contributed by atoms with Crippen molar-refractivity contribution in [2.24, 2.45) is 7.05 Å². The van der Waals surface area contributed by atoms with Gasteiger partial charge >= 0.3 is 5.97 Å². The van der Waals surface area contributed by atoms with Gasteiger partial charge in [-0.1, -0.05) is 23.7 Å². The Morgan fingerprint density at radius 1 is 1.28 bits per heavy atom. The number of ether oxygens (including phenoxy) is 2. The average molecular weight is 465 g/mol. The van der Waals surface area contributed by atoms with E-state index in [0.29, 0.717) is 16.5 Å². The van der Waals surface area contributed by atoms with Gasteiger partial charge in [-0.25, -0.2) is 8.78 Å². The third kappa shape index (κ3) is 3.57. The lowest BCUT2D eigenvalue weighted by Gasteiger charge is -2.42. The standard InChI is InChI=1S/C22H19ClF2N2O5/c1-27-15-8-17(31-2)20(25)19(23)12(15)7-16(27)21(30)26-22(9-32-10-22)13-4-3-11(5-14(13)24)6-18(28)29/h3-5,7-8H,6,9-10H2,1-2H3,(H,26,30)(H,28,29). The summed E-state index contributed by atoms with van der Waals surface area (Å²) >= 11 is 6.13. The second-order valence-corrected chi connectivity index (χ2v) is 8.02. The van der Waals surface area contributed by atoms with Crippen molar-refractivity contribution in [2.45, 2.75) is 12.0 Å². The van der Waals surface area contributed by atoms with Gasteiger partial charge in [-0.2, -0.15) is 0 Å². The van der Waals surface area contributed by atoms with Crippen molar-refractivity contribution in [3.8, 4) is 5.75 Å². The summed E-state index contributed by atoms with van der Waals surface area (Å²) in [7, 11) is 2.93. The largest absolute Gasteiger partial charge is 0.494 e. The van der Waals surface area contributed by atoms with Crippen LogP contribution in [0.4, 0.5) is 8.78 Å². The van der Waals surface area contributed by atoms with Crippen LogP contribution in [0.5, 0.6) is 5.75 Å². The number of nitrogens with one attached hydrogen (secondary N) is 1. The number of benzene rings is 2. The number of carboxylic acid groups (broad SMARTS) is 1. The van der Waals surface area contributed by atoms with E-state index in [9.17, 15) is 18.4 Å².